The number of carbonyl (C=O) groups excluding carboxylic acids is 1. The molecule has 0 saturated carbocycles. The maximum Gasteiger partial charge on any atom is 0.490 e. The molecule has 1 aliphatic heterocycles. The van der Waals surface area contributed by atoms with Crippen LogP contribution in [0.1, 0.15) is 18.2 Å². The third-order valence-corrected chi connectivity index (χ3v) is 11.8. The molecule has 0 aliphatic carbocycles. The lowest BCUT2D eigenvalue weighted by molar-refractivity contribution is -0.0582. The van der Waals surface area contributed by atoms with E-state index in [0.717, 1.165) is 5.75 Å². The van der Waals surface area contributed by atoms with E-state index < -0.39 is 61.3 Å². The number of nitrogens with two attached hydrogens (primary N) is 2. The fraction of sp³-hybridized carbons (Fsp3) is 0.550. The lowest BCUT2D eigenvalue weighted by Crippen LogP contribution is -2.29. The molecule has 9 N–H and O–H groups in total. The van der Waals surface area contributed by atoms with Crippen LogP contribution in [0.25, 0.3) is 21.5 Å². The standard InChI is InChI=1S/C20H30N9O14P3S2/c21-3-6-47-48-7-5-38-20(30)24-4-1-2-13-9-29(19-17(13)18(22)25-11-26-19)16-8-14(39-12-27-28-23)15(41-16)10-40-45(34,35)43-46(36,37)42-44(31,32)33/h9,11,14-16H,3-8,10,12,21H2,(H,24,30)(H,34,35)(H,36,37)(H2,22,25,26)(H2,31,32,33)/t14?,15-,16-/m1/s1. The van der Waals surface area contributed by atoms with E-state index in [4.69, 9.17) is 45.5 Å². The van der Waals surface area contributed by atoms with Crippen molar-refractivity contribution in [2.75, 3.05) is 50.3 Å². The Morgan fingerprint density at radius 1 is 1.21 bits per heavy atom. The Kier molecular flexibility index (Phi) is 15.4. The fourth-order valence-corrected chi connectivity index (χ4v) is 8.60. The number of anilines is 1. The number of phosphoric ester groups is 1. The van der Waals surface area contributed by atoms with Crippen LogP contribution >= 0.6 is 45.1 Å². The lowest BCUT2D eigenvalue weighted by atomic mass is 10.2. The minimum atomic E-state index is -5.76. The molecule has 3 unspecified atom stereocenters. The first-order valence-corrected chi connectivity index (χ1v) is 20.2. The van der Waals surface area contributed by atoms with Crippen LogP contribution in [0, 0.1) is 11.8 Å². The third-order valence-electron chi connectivity index (χ3n) is 5.59. The van der Waals surface area contributed by atoms with Crippen molar-refractivity contribution in [3.8, 4) is 11.8 Å². The molecule has 266 valence electrons. The highest BCUT2D eigenvalue weighted by atomic mass is 33.1. The topological polar surface area (TPSA) is 348 Å². The molecule has 48 heavy (non-hydrogen) atoms. The van der Waals surface area contributed by atoms with Gasteiger partial charge in [0.1, 0.15) is 43.5 Å². The van der Waals surface area contributed by atoms with Gasteiger partial charge < -0.3 is 55.1 Å². The number of phosphoric acid groups is 3. The quantitative estimate of drug-likeness (QED) is 0.0215. The van der Waals surface area contributed by atoms with Gasteiger partial charge in [0.15, 0.2) is 0 Å². The number of alkyl carbamates (subject to hydrolysis) is 1. The second-order valence-electron chi connectivity index (χ2n) is 8.95. The number of hydrogen-bond acceptors (Lipinski definition) is 17. The summed E-state index contributed by atoms with van der Waals surface area (Å²) in [6.45, 7) is -0.649. The van der Waals surface area contributed by atoms with E-state index in [9.17, 15) is 28.3 Å². The van der Waals surface area contributed by atoms with Crippen LogP contribution in [0.5, 0.6) is 0 Å². The Labute approximate surface area is 279 Å². The Balaban J connectivity index is 1.73. The molecule has 1 saturated heterocycles. The predicted octanol–water partition coefficient (Wildman–Crippen LogP) is 1.72. The van der Waals surface area contributed by atoms with Crippen molar-refractivity contribution in [1.29, 1.82) is 0 Å². The highest BCUT2D eigenvalue weighted by Gasteiger charge is 2.43. The highest BCUT2D eigenvalue weighted by Crippen LogP contribution is 2.66. The molecule has 0 bridgehead atoms. The van der Waals surface area contributed by atoms with Gasteiger partial charge >= 0.3 is 29.6 Å². The number of nitrogen functional groups attached to an aromatic ring is 1. The van der Waals surface area contributed by atoms with Gasteiger partial charge in [0, 0.05) is 35.6 Å². The molecule has 1 amide bonds. The summed E-state index contributed by atoms with van der Waals surface area (Å²) in [5.41, 5.74) is 20.7. The summed E-state index contributed by atoms with van der Waals surface area (Å²) in [4.78, 5) is 59.4. The molecular formula is C20H30N9O14P3S2. The molecule has 2 aromatic rings. The highest BCUT2D eigenvalue weighted by molar-refractivity contribution is 8.76. The van der Waals surface area contributed by atoms with E-state index in [-0.39, 0.29) is 31.0 Å². The average Bonchev–Trinajstić information content (AvgIpc) is 3.56. The number of fused-ring (bicyclic) bond motifs is 1. The summed E-state index contributed by atoms with van der Waals surface area (Å²) < 4.78 is 65.0. The maximum atomic E-state index is 12.3. The SMILES string of the molecule is [N-]=[N+]=NCOC1C[C@H](n2cc(C#CCNC(=O)OCCSSCCN)c3c(N)ncnc32)O[C@@H]1COP(=O)(O)OP(=O)(O)OP(=O)(O)O. The van der Waals surface area contributed by atoms with Crippen molar-refractivity contribution in [2.24, 2.45) is 10.8 Å². The normalized spacial score (nSPS) is 20.2. The summed E-state index contributed by atoms with van der Waals surface area (Å²) in [7, 11) is -13.7. The van der Waals surface area contributed by atoms with E-state index >= 15 is 0 Å². The Morgan fingerprint density at radius 3 is 2.67 bits per heavy atom. The van der Waals surface area contributed by atoms with Gasteiger partial charge in [-0.15, -0.1) is 0 Å². The first kappa shape index (κ1) is 40.0. The average molecular weight is 778 g/mol. The van der Waals surface area contributed by atoms with Crippen molar-refractivity contribution in [1.82, 2.24) is 19.9 Å². The van der Waals surface area contributed by atoms with Crippen LogP contribution in [0.3, 0.4) is 0 Å². The number of carbonyl (C=O) groups is 1. The van der Waals surface area contributed by atoms with Gasteiger partial charge in [0.2, 0.25) is 0 Å². The van der Waals surface area contributed by atoms with E-state index in [1.54, 1.807) is 10.8 Å². The molecule has 3 rings (SSSR count). The largest absolute Gasteiger partial charge is 0.490 e. The second kappa shape index (κ2) is 18.5. The van der Waals surface area contributed by atoms with Crippen molar-refractivity contribution in [3.63, 3.8) is 0 Å². The molecule has 0 radical (unpaired) electrons. The third kappa shape index (κ3) is 13.1. The molecular weight excluding hydrogens is 747 g/mol. The number of ether oxygens (including phenoxy) is 3. The van der Waals surface area contributed by atoms with E-state index in [2.05, 4.69) is 45.8 Å². The molecule has 2 aromatic heterocycles. The summed E-state index contributed by atoms with van der Waals surface area (Å²) in [6, 6.07) is 0. The van der Waals surface area contributed by atoms with Crippen molar-refractivity contribution < 1.29 is 65.4 Å². The van der Waals surface area contributed by atoms with Crippen LogP contribution < -0.4 is 16.8 Å². The number of amides is 1. The minimum absolute atomic E-state index is 0.00232. The van der Waals surface area contributed by atoms with Crippen molar-refractivity contribution in [2.45, 2.75) is 24.9 Å². The first-order chi connectivity index (χ1) is 22.6. The Hall–Kier alpha value is -2.45. The minimum Gasteiger partial charge on any atom is -0.449 e. The van der Waals surface area contributed by atoms with Crippen molar-refractivity contribution in [3.05, 3.63) is 28.5 Å². The predicted molar refractivity (Wildman–Crippen MR) is 169 cm³/mol. The summed E-state index contributed by atoms with van der Waals surface area (Å²) in [5, 5.41) is 6.12. The van der Waals surface area contributed by atoms with Gasteiger partial charge in [0.25, 0.3) is 0 Å². The molecule has 1 aliphatic rings. The van der Waals surface area contributed by atoms with E-state index in [1.165, 1.54) is 27.9 Å². The lowest BCUT2D eigenvalue weighted by Gasteiger charge is -2.21. The first-order valence-electron chi connectivity index (χ1n) is 13.2. The Bertz CT molecular complexity index is 1680. The molecule has 3 heterocycles. The number of nitrogens with one attached hydrogen (secondary N) is 1. The molecule has 1 fully saturated rings. The number of nitrogens with zero attached hydrogens (tertiary/aromatic N) is 6. The zero-order chi connectivity index (χ0) is 35.4. The molecule has 5 atom stereocenters. The van der Waals surface area contributed by atoms with Crippen LogP contribution in [-0.4, -0.2) is 96.9 Å². The van der Waals surface area contributed by atoms with Gasteiger partial charge in [-0.25, -0.2) is 28.5 Å². The number of rotatable bonds is 18. The van der Waals surface area contributed by atoms with Crippen LogP contribution in [-0.2, 0) is 41.1 Å². The zero-order valence-electron chi connectivity index (χ0n) is 24.4. The van der Waals surface area contributed by atoms with Gasteiger partial charge in [0.05, 0.1) is 30.2 Å². The molecule has 23 nitrogen and oxygen atoms in total. The van der Waals surface area contributed by atoms with Gasteiger partial charge in [-0.05, 0) is 5.53 Å². The number of aromatic nitrogens is 3. The van der Waals surface area contributed by atoms with Gasteiger partial charge in [-0.3, -0.25) is 4.52 Å². The van der Waals surface area contributed by atoms with E-state index in [1.807, 2.05) is 0 Å². The summed E-state index contributed by atoms with van der Waals surface area (Å²) >= 11 is 0. The van der Waals surface area contributed by atoms with Gasteiger partial charge in [-0.1, -0.05) is 38.5 Å². The van der Waals surface area contributed by atoms with Crippen LogP contribution in [0.15, 0.2) is 17.6 Å². The van der Waals surface area contributed by atoms with Gasteiger partial charge in [-0.2, -0.15) is 8.62 Å². The molecule has 0 aromatic carbocycles. The maximum absolute atomic E-state index is 12.3. The van der Waals surface area contributed by atoms with Crippen molar-refractivity contribution >= 4 is 68.0 Å². The second-order valence-corrected chi connectivity index (χ2v) is 16.1. The zero-order valence-corrected chi connectivity index (χ0v) is 28.7. The van der Waals surface area contributed by atoms with E-state index in [0.29, 0.717) is 23.2 Å². The number of azide groups is 1. The fourth-order valence-electron chi connectivity index (χ4n) is 3.89. The molecule has 28 heteroatoms. The van der Waals surface area contributed by atoms with Crippen LogP contribution in [0.2, 0.25) is 0 Å². The van der Waals surface area contributed by atoms with Crippen LogP contribution in [0.4, 0.5) is 10.6 Å². The molecule has 0 spiro atoms. The summed E-state index contributed by atoms with van der Waals surface area (Å²) in [6.07, 6.45) is -1.07. The number of hydrogen-bond donors (Lipinski definition) is 7. The summed E-state index contributed by atoms with van der Waals surface area (Å²) in [5.74, 6) is 7.09. The smallest absolute Gasteiger partial charge is 0.449 e. The monoisotopic (exact) mass is 777 g/mol. The Morgan fingerprint density at radius 2 is 1.96 bits per heavy atom.